The molecule has 4 heteroatoms. The maximum absolute atomic E-state index is 11.3. The van der Waals surface area contributed by atoms with Crippen molar-refractivity contribution in [2.75, 3.05) is 13.1 Å². The Bertz CT molecular complexity index is 371. The minimum Gasteiger partial charge on any atom is -0.355 e. The second-order valence-corrected chi connectivity index (χ2v) is 6.02. The number of nitrogens with one attached hydrogen (secondary N) is 2. The highest BCUT2D eigenvalue weighted by molar-refractivity contribution is 7.12. The number of thiophene rings is 1. The largest absolute Gasteiger partial charge is 0.355 e. The minimum atomic E-state index is 0.0665. The van der Waals surface area contributed by atoms with Crippen molar-refractivity contribution in [3.8, 4) is 0 Å². The highest BCUT2D eigenvalue weighted by Gasteiger charge is 2.05. The average Bonchev–Trinajstić information content (AvgIpc) is 2.56. The number of carbonyl (C=O) groups is 1. The molecular weight excluding hydrogens is 232 g/mol. The number of aryl methyl sites for hydroxylation is 2. The van der Waals surface area contributed by atoms with Gasteiger partial charge in [-0.15, -0.1) is 11.3 Å². The third kappa shape index (κ3) is 4.88. The van der Waals surface area contributed by atoms with Crippen molar-refractivity contribution in [1.29, 1.82) is 0 Å². The molecule has 0 aliphatic rings. The highest BCUT2D eigenvalue weighted by atomic mass is 32.1. The van der Waals surface area contributed by atoms with Gasteiger partial charge in [0.2, 0.25) is 5.91 Å². The number of hydrogen-bond acceptors (Lipinski definition) is 3. The molecule has 0 spiro atoms. The summed E-state index contributed by atoms with van der Waals surface area (Å²) < 4.78 is 0. The van der Waals surface area contributed by atoms with Crippen LogP contribution < -0.4 is 10.6 Å². The van der Waals surface area contributed by atoms with E-state index in [-0.39, 0.29) is 11.8 Å². The van der Waals surface area contributed by atoms with Gasteiger partial charge in [-0.25, -0.2) is 0 Å². The Morgan fingerprint density at radius 1 is 1.35 bits per heavy atom. The Morgan fingerprint density at radius 2 is 2.06 bits per heavy atom. The second-order valence-electron chi connectivity index (χ2n) is 4.56. The number of amides is 1. The van der Waals surface area contributed by atoms with Gasteiger partial charge < -0.3 is 10.6 Å². The van der Waals surface area contributed by atoms with Gasteiger partial charge in [0, 0.05) is 35.3 Å². The van der Waals surface area contributed by atoms with E-state index in [1.807, 2.05) is 25.2 Å². The van der Waals surface area contributed by atoms with Crippen LogP contribution in [0, 0.1) is 19.8 Å². The fraction of sp³-hybridized carbons (Fsp3) is 0.615. The molecule has 0 unspecified atom stereocenters. The molecule has 0 saturated carbocycles. The molecule has 1 aromatic rings. The summed E-state index contributed by atoms with van der Waals surface area (Å²) in [6.07, 6.45) is 0. The maximum Gasteiger partial charge on any atom is 0.222 e. The summed E-state index contributed by atoms with van der Waals surface area (Å²) in [6, 6.07) is 2.22. The average molecular weight is 254 g/mol. The van der Waals surface area contributed by atoms with Crippen LogP contribution in [0.1, 0.15) is 29.2 Å². The predicted octanol–water partition coefficient (Wildman–Crippen LogP) is 2.23. The zero-order valence-electron chi connectivity index (χ0n) is 11.1. The van der Waals surface area contributed by atoms with Crippen molar-refractivity contribution in [2.45, 2.75) is 34.2 Å². The Labute approximate surface area is 108 Å². The third-order valence-electron chi connectivity index (χ3n) is 2.58. The predicted molar refractivity (Wildman–Crippen MR) is 73.3 cm³/mol. The molecule has 0 aliphatic carbocycles. The van der Waals surface area contributed by atoms with Gasteiger partial charge in [-0.05, 0) is 25.5 Å². The fourth-order valence-corrected chi connectivity index (χ4v) is 2.51. The van der Waals surface area contributed by atoms with Gasteiger partial charge in [-0.1, -0.05) is 13.8 Å². The monoisotopic (exact) mass is 254 g/mol. The summed E-state index contributed by atoms with van der Waals surface area (Å²) in [5.74, 6) is 0.186. The molecule has 0 saturated heterocycles. The van der Waals surface area contributed by atoms with E-state index in [4.69, 9.17) is 0 Å². The first-order chi connectivity index (χ1) is 8.00. The van der Waals surface area contributed by atoms with Crippen molar-refractivity contribution < 1.29 is 4.79 Å². The Morgan fingerprint density at radius 3 is 2.59 bits per heavy atom. The SMILES string of the molecule is Cc1cc(CNCCNC(=O)C(C)C)c(C)s1. The summed E-state index contributed by atoms with van der Waals surface area (Å²) in [6.45, 7) is 10.5. The van der Waals surface area contributed by atoms with Crippen LogP contribution in [0.4, 0.5) is 0 Å². The summed E-state index contributed by atoms with van der Waals surface area (Å²) in [5, 5.41) is 6.23. The minimum absolute atomic E-state index is 0.0665. The van der Waals surface area contributed by atoms with Gasteiger partial charge in [0.1, 0.15) is 0 Å². The van der Waals surface area contributed by atoms with E-state index < -0.39 is 0 Å². The van der Waals surface area contributed by atoms with Crippen LogP contribution in [-0.2, 0) is 11.3 Å². The molecule has 1 aromatic heterocycles. The summed E-state index contributed by atoms with van der Waals surface area (Å²) >= 11 is 1.83. The smallest absolute Gasteiger partial charge is 0.222 e. The van der Waals surface area contributed by atoms with Crippen LogP contribution in [0.5, 0.6) is 0 Å². The highest BCUT2D eigenvalue weighted by Crippen LogP contribution is 2.19. The van der Waals surface area contributed by atoms with E-state index in [1.165, 1.54) is 15.3 Å². The van der Waals surface area contributed by atoms with Crippen molar-refractivity contribution in [3.05, 3.63) is 21.4 Å². The fourth-order valence-electron chi connectivity index (χ4n) is 1.56. The van der Waals surface area contributed by atoms with E-state index in [9.17, 15) is 4.79 Å². The number of hydrogen-bond donors (Lipinski definition) is 2. The Balaban J connectivity index is 2.17. The molecule has 0 aromatic carbocycles. The molecule has 0 aliphatic heterocycles. The van der Waals surface area contributed by atoms with E-state index in [1.54, 1.807) is 0 Å². The van der Waals surface area contributed by atoms with Crippen LogP contribution in [0.15, 0.2) is 6.07 Å². The summed E-state index contributed by atoms with van der Waals surface area (Å²) in [4.78, 5) is 14.0. The molecule has 0 atom stereocenters. The van der Waals surface area contributed by atoms with Crippen LogP contribution in [0.2, 0.25) is 0 Å². The molecule has 17 heavy (non-hydrogen) atoms. The molecule has 1 rings (SSSR count). The lowest BCUT2D eigenvalue weighted by atomic mass is 10.2. The van der Waals surface area contributed by atoms with Gasteiger partial charge in [-0.2, -0.15) is 0 Å². The first-order valence-corrected chi connectivity index (χ1v) is 6.86. The maximum atomic E-state index is 11.3. The summed E-state index contributed by atoms with van der Waals surface area (Å²) in [7, 11) is 0. The number of rotatable bonds is 6. The molecule has 1 heterocycles. The van der Waals surface area contributed by atoms with Crippen LogP contribution in [0.25, 0.3) is 0 Å². The molecule has 96 valence electrons. The molecule has 0 bridgehead atoms. The molecule has 3 nitrogen and oxygen atoms in total. The van der Waals surface area contributed by atoms with Crippen molar-refractivity contribution in [2.24, 2.45) is 5.92 Å². The van der Waals surface area contributed by atoms with Crippen molar-refractivity contribution in [1.82, 2.24) is 10.6 Å². The zero-order chi connectivity index (χ0) is 12.8. The molecule has 1 amide bonds. The van der Waals surface area contributed by atoms with Gasteiger partial charge in [0.15, 0.2) is 0 Å². The quantitative estimate of drug-likeness (QED) is 0.764. The van der Waals surface area contributed by atoms with E-state index in [0.717, 1.165) is 13.1 Å². The Hall–Kier alpha value is -0.870. The standard InChI is InChI=1S/C13H22N2OS/c1-9(2)13(16)15-6-5-14-8-12-7-10(3)17-11(12)4/h7,9,14H,5-6,8H2,1-4H3,(H,15,16). The lowest BCUT2D eigenvalue weighted by molar-refractivity contribution is -0.123. The van der Waals surface area contributed by atoms with Gasteiger partial charge in [0.05, 0.1) is 0 Å². The lowest BCUT2D eigenvalue weighted by Gasteiger charge is -2.08. The normalized spacial score (nSPS) is 10.9. The first kappa shape index (κ1) is 14.2. The van der Waals surface area contributed by atoms with E-state index in [0.29, 0.717) is 6.54 Å². The van der Waals surface area contributed by atoms with Gasteiger partial charge in [-0.3, -0.25) is 4.79 Å². The van der Waals surface area contributed by atoms with Gasteiger partial charge in [0.25, 0.3) is 0 Å². The van der Waals surface area contributed by atoms with E-state index in [2.05, 4.69) is 30.5 Å². The Kier molecular flexibility index (Phi) is 5.65. The molecule has 0 fully saturated rings. The summed E-state index contributed by atoms with van der Waals surface area (Å²) in [5.41, 5.74) is 1.36. The molecule has 0 radical (unpaired) electrons. The molecule has 2 N–H and O–H groups in total. The van der Waals surface area contributed by atoms with Gasteiger partial charge >= 0.3 is 0 Å². The van der Waals surface area contributed by atoms with Crippen molar-refractivity contribution in [3.63, 3.8) is 0 Å². The first-order valence-electron chi connectivity index (χ1n) is 6.05. The topological polar surface area (TPSA) is 41.1 Å². The third-order valence-corrected chi connectivity index (χ3v) is 3.59. The van der Waals surface area contributed by atoms with Crippen molar-refractivity contribution >= 4 is 17.2 Å². The number of carbonyl (C=O) groups excluding carboxylic acids is 1. The zero-order valence-corrected chi connectivity index (χ0v) is 11.9. The van der Waals surface area contributed by atoms with Crippen LogP contribution in [0.3, 0.4) is 0 Å². The van der Waals surface area contributed by atoms with Crippen LogP contribution >= 0.6 is 11.3 Å². The lowest BCUT2D eigenvalue weighted by Crippen LogP contribution is -2.34. The van der Waals surface area contributed by atoms with Crippen LogP contribution in [-0.4, -0.2) is 19.0 Å². The van der Waals surface area contributed by atoms with E-state index >= 15 is 0 Å². The second kappa shape index (κ2) is 6.77. The molecular formula is C13H22N2OS.